The number of carbonyl (C=O) groups excluding carboxylic acids is 2. The highest BCUT2D eigenvalue weighted by Gasteiger charge is 2.35. The van der Waals surface area contributed by atoms with Gasteiger partial charge in [0.25, 0.3) is 9.70 Å². The molecule has 0 bridgehead atoms. The number of rotatable bonds is 1. The van der Waals surface area contributed by atoms with E-state index >= 15 is 0 Å². The summed E-state index contributed by atoms with van der Waals surface area (Å²) in [6, 6.07) is -0.506. The predicted molar refractivity (Wildman–Crippen MR) is 54.3 cm³/mol. The van der Waals surface area contributed by atoms with Crippen molar-refractivity contribution < 1.29 is 9.59 Å². The summed E-state index contributed by atoms with van der Waals surface area (Å²) >= 11 is 17.1. The Bertz CT molecular complexity index is 241. The third-order valence-corrected chi connectivity index (χ3v) is 3.02. The molecule has 1 heterocycles. The van der Waals surface area contributed by atoms with Crippen LogP contribution in [0.4, 0.5) is 0 Å². The van der Waals surface area contributed by atoms with Gasteiger partial charge in [-0.15, -0.1) is 0 Å². The largest absolute Gasteiger partial charge is 0.342 e. The van der Waals surface area contributed by atoms with Crippen LogP contribution in [0.3, 0.4) is 0 Å². The van der Waals surface area contributed by atoms with Crippen LogP contribution in [-0.4, -0.2) is 26.6 Å². The normalized spacial score (nSPS) is 23.3. The number of hydrogen-bond donors (Lipinski definition) is 1. The topological polar surface area (TPSA) is 46.2 Å². The summed E-state index contributed by atoms with van der Waals surface area (Å²) in [4.78, 5) is 22.2. The van der Waals surface area contributed by atoms with Crippen LogP contribution in [0, 0.1) is 0 Å². The van der Waals surface area contributed by atoms with E-state index in [2.05, 4.69) is 5.32 Å². The zero-order chi connectivity index (χ0) is 10.1. The molecule has 1 amide bonds. The lowest BCUT2D eigenvalue weighted by molar-refractivity contribution is -0.123. The number of amides is 1. The van der Waals surface area contributed by atoms with Gasteiger partial charge in [-0.2, -0.15) is 0 Å². The Labute approximate surface area is 94.5 Å². The van der Waals surface area contributed by atoms with Crippen LogP contribution in [0.2, 0.25) is 0 Å². The van der Waals surface area contributed by atoms with E-state index in [0.29, 0.717) is 12.2 Å². The molecule has 1 saturated heterocycles. The maximum atomic E-state index is 11.1. The van der Waals surface area contributed by atoms with E-state index in [1.807, 2.05) is 0 Å². The highest BCUT2D eigenvalue weighted by molar-refractivity contribution is 8.14. The summed E-state index contributed by atoms with van der Waals surface area (Å²) in [6.07, 6.45) is 0.593. The SMILES string of the molecule is O=C1SCC[C@H]1NC(=O)C(Cl)(Cl)Cl. The summed E-state index contributed by atoms with van der Waals surface area (Å²) < 4.78 is -1.99. The van der Waals surface area contributed by atoms with E-state index in [-0.39, 0.29) is 5.12 Å². The van der Waals surface area contributed by atoms with Gasteiger partial charge in [-0.1, -0.05) is 46.6 Å². The van der Waals surface area contributed by atoms with Crippen molar-refractivity contribution in [3.05, 3.63) is 0 Å². The summed E-state index contributed by atoms with van der Waals surface area (Å²) in [5, 5.41) is 2.28. The second kappa shape index (κ2) is 4.26. The molecule has 3 nitrogen and oxygen atoms in total. The van der Waals surface area contributed by atoms with E-state index in [0.717, 1.165) is 0 Å². The number of nitrogens with one attached hydrogen (secondary N) is 1. The predicted octanol–water partition coefficient (Wildman–Crippen LogP) is 1.50. The lowest BCUT2D eigenvalue weighted by atomic mass is 10.2. The Balaban J connectivity index is 2.49. The summed E-state index contributed by atoms with van der Waals surface area (Å²) in [7, 11) is 0. The third kappa shape index (κ3) is 3.20. The van der Waals surface area contributed by atoms with Crippen molar-refractivity contribution in [2.24, 2.45) is 0 Å². The minimum absolute atomic E-state index is 0.0809. The van der Waals surface area contributed by atoms with Crippen molar-refractivity contribution in [1.29, 1.82) is 0 Å². The molecule has 0 aromatic carbocycles. The second-order valence-electron chi connectivity index (χ2n) is 2.48. The maximum Gasteiger partial charge on any atom is 0.272 e. The van der Waals surface area contributed by atoms with Crippen molar-refractivity contribution in [1.82, 2.24) is 5.32 Å². The van der Waals surface area contributed by atoms with Crippen molar-refractivity contribution in [2.75, 3.05) is 5.75 Å². The smallest absolute Gasteiger partial charge is 0.272 e. The van der Waals surface area contributed by atoms with Gasteiger partial charge in [-0.25, -0.2) is 0 Å². The van der Waals surface area contributed by atoms with Crippen molar-refractivity contribution in [3.63, 3.8) is 0 Å². The summed E-state index contributed by atoms with van der Waals surface area (Å²) in [5.74, 6) is -0.0535. The van der Waals surface area contributed by atoms with E-state index in [9.17, 15) is 9.59 Å². The second-order valence-corrected chi connectivity index (χ2v) is 5.86. The molecule has 0 aromatic rings. The van der Waals surface area contributed by atoms with Crippen LogP contribution in [0.1, 0.15) is 6.42 Å². The Morgan fingerprint density at radius 1 is 1.54 bits per heavy atom. The molecular weight excluding hydrogens is 256 g/mol. The molecule has 1 aliphatic heterocycles. The summed E-state index contributed by atoms with van der Waals surface area (Å²) in [5.41, 5.74) is 0. The van der Waals surface area contributed by atoms with Crippen LogP contribution >= 0.6 is 46.6 Å². The van der Waals surface area contributed by atoms with Gasteiger partial charge < -0.3 is 5.32 Å². The first-order valence-electron chi connectivity index (χ1n) is 3.45. The molecule has 1 aliphatic rings. The molecule has 74 valence electrons. The molecule has 1 N–H and O–H groups in total. The quantitative estimate of drug-likeness (QED) is 0.729. The Morgan fingerprint density at radius 3 is 2.54 bits per heavy atom. The van der Waals surface area contributed by atoms with Crippen LogP contribution in [-0.2, 0) is 9.59 Å². The Morgan fingerprint density at radius 2 is 2.15 bits per heavy atom. The van der Waals surface area contributed by atoms with Gasteiger partial charge in [0, 0.05) is 5.75 Å². The third-order valence-electron chi connectivity index (χ3n) is 1.50. The van der Waals surface area contributed by atoms with E-state index in [4.69, 9.17) is 34.8 Å². The number of halogens is 3. The van der Waals surface area contributed by atoms with Gasteiger partial charge in [0.05, 0.1) is 6.04 Å². The first-order valence-corrected chi connectivity index (χ1v) is 5.57. The van der Waals surface area contributed by atoms with Crippen molar-refractivity contribution in [2.45, 2.75) is 16.3 Å². The summed E-state index contributed by atoms with van der Waals surface area (Å²) in [6.45, 7) is 0. The highest BCUT2D eigenvalue weighted by Crippen LogP contribution is 2.27. The highest BCUT2D eigenvalue weighted by atomic mass is 35.6. The average molecular weight is 263 g/mol. The van der Waals surface area contributed by atoms with E-state index in [1.54, 1.807) is 0 Å². The molecule has 1 atom stereocenters. The average Bonchev–Trinajstić information content (AvgIpc) is 2.34. The molecule has 0 saturated carbocycles. The van der Waals surface area contributed by atoms with Crippen molar-refractivity contribution in [3.8, 4) is 0 Å². The molecule has 0 aliphatic carbocycles. The standard InChI is InChI=1S/C6H6Cl3NO2S/c7-6(8,9)5(12)10-3-1-2-13-4(3)11/h3H,1-2H2,(H,10,12)/t3-/m1/s1. The fourth-order valence-electron chi connectivity index (χ4n) is 0.867. The van der Waals surface area contributed by atoms with Crippen molar-refractivity contribution >= 4 is 57.6 Å². The van der Waals surface area contributed by atoms with Gasteiger partial charge >= 0.3 is 0 Å². The van der Waals surface area contributed by atoms with Gasteiger partial charge in [-0.3, -0.25) is 9.59 Å². The number of alkyl halides is 3. The monoisotopic (exact) mass is 261 g/mol. The zero-order valence-electron chi connectivity index (χ0n) is 6.35. The molecule has 0 aromatic heterocycles. The van der Waals surface area contributed by atoms with E-state index in [1.165, 1.54) is 11.8 Å². The van der Waals surface area contributed by atoms with Gasteiger partial charge in [0.1, 0.15) is 0 Å². The molecule has 0 unspecified atom stereocenters. The molecule has 1 rings (SSSR count). The molecule has 1 fully saturated rings. The molecular formula is C6H6Cl3NO2S. The first kappa shape index (κ1) is 11.4. The Hall–Kier alpha value is 0.360. The lowest BCUT2D eigenvalue weighted by Crippen LogP contribution is -2.43. The van der Waals surface area contributed by atoms with Crippen LogP contribution in [0.25, 0.3) is 0 Å². The fourth-order valence-corrected chi connectivity index (χ4v) is 1.96. The van der Waals surface area contributed by atoms with E-state index < -0.39 is 15.7 Å². The number of carbonyl (C=O) groups is 2. The van der Waals surface area contributed by atoms with Gasteiger partial charge in [0.15, 0.2) is 0 Å². The zero-order valence-corrected chi connectivity index (χ0v) is 9.43. The lowest BCUT2D eigenvalue weighted by Gasteiger charge is -2.14. The number of thioether (sulfide) groups is 1. The molecule has 0 spiro atoms. The molecule has 0 radical (unpaired) electrons. The van der Waals surface area contributed by atoms with Gasteiger partial charge in [-0.05, 0) is 6.42 Å². The first-order chi connectivity index (χ1) is 5.91. The minimum Gasteiger partial charge on any atom is -0.342 e. The van der Waals surface area contributed by atoms with Crippen LogP contribution in [0.5, 0.6) is 0 Å². The molecule has 13 heavy (non-hydrogen) atoms. The number of hydrogen-bond acceptors (Lipinski definition) is 3. The van der Waals surface area contributed by atoms with Crippen LogP contribution < -0.4 is 5.32 Å². The maximum absolute atomic E-state index is 11.1. The minimum atomic E-state index is -1.99. The van der Waals surface area contributed by atoms with Crippen LogP contribution in [0.15, 0.2) is 0 Å². The fraction of sp³-hybridized carbons (Fsp3) is 0.667. The Kier molecular flexibility index (Phi) is 3.74. The van der Waals surface area contributed by atoms with Gasteiger partial charge in [0.2, 0.25) is 5.12 Å². The molecule has 7 heteroatoms.